The van der Waals surface area contributed by atoms with Gasteiger partial charge in [0.25, 0.3) is 0 Å². The second-order valence-electron chi connectivity index (χ2n) is 3.27. The van der Waals surface area contributed by atoms with E-state index in [9.17, 15) is 4.79 Å². The van der Waals surface area contributed by atoms with Crippen LogP contribution in [0.4, 0.5) is 0 Å². The molecule has 0 bridgehead atoms. The van der Waals surface area contributed by atoms with Crippen molar-refractivity contribution in [2.75, 3.05) is 26.8 Å². The fourth-order valence-electron chi connectivity index (χ4n) is 1.39. The molecule has 0 radical (unpaired) electrons. The van der Waals surface area contributed by atoms with Gasteiger partial charge in [-0.05, 0) is 13.5 Å². The SMILES string of the molecule is CCN(CCC(=O)ONN)C(C)COC. The van der Waals surface area contributed by atoms with Crippen molar-refractivity contribution in [3.8, 4) is 0 Å². The molecule has 6 nitrogen and oxygen atoms in total. The third-order valence-electron chi connectivity index (χ3n) is 2.21. The molecular weight excluding hydrogens is 198 g/mol. The lowest BCUT2D eigenvalue weighted by Gasteiger charge is -2.26. The summed E-state index contributed by atoms with van der Waals surface area (Å²) in [5.41, 5.74) is 1.87. The van der Waals surface area contributed by atoms with E-state index in [1.54, 1.807) is 7.11 Å². The molecule has 0 aliphatic heterocycles. The zero-order valence-electron chi connectivity index (χ0n) is 9.66. The number of ether oxygens (including phenoxy) is 1. The first kappa shape index (κ1) is 14.3. The smallest absolute Gasteiger partial charge is 0.327 e. The predicted molar refractivity (Wildman–Crippen MR) is 56.6 cm³/mol. The lowest BCUT2D eigenvalue weighted by atomic mass is 10.2. The molecule has 1 unspecified atom stereocenters. The van der Waals surface area contributed by atoms with Crippen molar-refractivity contribution in [1.82, 2.24) is 10.5 Å². The van der Waals surface area contributed by atoms with Crippen LogP contribution in [0.5, 0.6) is 0 Å². The molecule has 0 fully saturated rings. The van der Waals surface area contributed by atoms with E-state index in [0.29, 0.717) is 25.6 Å². The first-order valence-corrected chi connectivity index (χ1v) is 5.03. The first-order chi connectivity index (χ1) is 7.15. The quantitative estimate of drug-likeness (QED) is 0.429. The molecule has 0 aromatic carbocycles. The van der Waals surface area contributed by atoms with E-state index in [1.807, 2.05) is 12.5 Å². The fraction of sp³-hybridized carbons (Fsp3) is 0.889. The summed E-state index contributed by atoms with van der Waals surface area (Å²) in [5, 5.41) is 0. The summed E-state index contributed by atoms with van der Waals surface area (Å²) in [6.45, 7) is 6.26. The van der Waals surface area contributed by atoms with Crippen LogP contribution in [-0.2, 0) is 14.4 Å². The molecule has 0 spiro atoms. The van der Waals surface area contributed by atoms with Gasteiger partial charge in [0.1, 0.15) is 0 Å². The lowest BCUT2D eigenvalue weighted by Crippen LogP contribution is -2.38. The second-order valence-corrected chi connectivity index (χ2v) is 3.27. The first-order valence-electron chi connectivity index (χ1n) is 5.03. The van der Waals surface area contributed by atoms with Crippen LogP contribution in [0.2, 0.25) is 0 Å². The standard InChI is InChI=1S/C9H21N3O3/c1-4-12(8(2)7-14-3)6-5-9(13)15-11-10/h8,11H,4-7,10H2,1-3H3. The number of hydrogen-bond acceptors (Lipinski definition) is 6. The van der Waals surface area contributed by atoms with Crippen LogP contribution in [0, 0.1) is 0 Å². The number of hydrogen-bond donors (Lipinski definition) is 2. The van der Waals surface area contributed by atoms with E-state index < -0.39 is 0 Å². The number of nitrogens with two attached hydrogens (primary N) is 1. The number of carbonyl (C=O) groups excluding carboxylic acids is 1. The Morgan fingerprint density at radius 1 is 1.60 bits per heavy atom. The van der Waals surface area contributed by atoms with Crippen molar-refractivity contribution in [3.05, 3.63) is 0 Å². The zero-order valence-corrected chi connectivity index (χ0v) is 9.66. The fourth-order valence-corrected chi connectivity index (χ4v) is 1.39. The van der Waals surface area contributed by atoms with Crippen LogP contribution >= 0.6 is 0 Å². The Kier molecular flexibility index (Phi) is 8.21. The summed E-state index contributed by atoms with van der Waals surface area (Å²) >= 11 is 0. The van der Waals surface area contributed by atoms with Gasteiger partial charge in [-0.15, -0.1) is 0 Å². The van der Waals surface area contributed by atoms with Crippen molar-refractivity contribution < 1.29 is 14.4 Å². The van der Waals surface area contributed by atoms with E-state index in [1.165, 1.54) is 0 Å². The Morgan fingerprint density at radius 2 is 2.27 bits per heavy atom. The van der Waals surface area contributed by atoms with Gasteiger partial charge in [-0.2, -0.15) is 0 Å². The van der Waals surface area contributed by atoms with Crippen molar-refractivity contribution in [2.45, 2.75) is 26.3 Å². The summed E-state index contributed by atoms with van der Waals surface area (Å²) in [6, 6.07) is 0.290. The second kappa shape index (κ2) is 8.60. The summed E-state index contributed by atoms with van der Waals surface area (Å²) in [5.74, 6) is 4.49. The topological polar surface area (TPSA) is 76.8 Å². The van der Waals surface area contributed by atoms with Gasteiger partial charge in [-0.25, -0.2) is 5.84 Å². The van der Waals surface area contributed by atoms with Gasteiger partial charge in [0, 0.05) is 19.7 Å². The predicted octanol–water partition coefficient (Wildman–Crippen LogP) is -0.345. The van der Waals surface area contributed by atoms with Gasteiger partial charge in [0.15, 0.2) is 0 Å². The molecule has 6 heteroatoms. The highest BCUT2D eigenvalue weighted by atomic mass is 16.7. The van der Waals surface area contributed by atoms with Crippen molar-refractivity contribution >= 4 is 5.97 Å². The monoisotopic (exact) mass is 219 g/mol. The molecule has 0 saturated carbocycles. The lowest BCUT2D eigenvalue weighted by molar-refractivity contribution is -0.151. The van der Waals surface area contributed by atoms with Gasteiger partial charge >= 0.3 is 5.97 Å². The average Bonchev–Trinajstić information content (AvgIpc) is 2.19. The molecule has 0 aromatic heterocycles. The molecule has 0 aliphatic rings. The number of nitrogens with one attached hydrogen (secondary N) is 1. The number of likely N-dealkylation sites (N-methyl/N-ethyl adjacent to an activating group) is 1. The van der Waals surface area contributed by atoms with Gasteiger partial charge in [0.2, 0.25) is 0 Å². The molecule has 0 amide bonds. The Balaban J connectivity index is 3.83. The molecule has 0 heterocycles. The van der Waals surface area contributed by atoms with E-state index in [0.717, 1.165) is 6.54 Å². The highest BCUT2D eigenvalue weighted by Crippen LogP contribution is 2.01. The van der Waals surface area contributed by atoms with E-state index in [2.05, 4.69) is 16.7 Å². The van der Waals surface area contributed by atoms with Crippen LogP contribution in [0.1, 0.15) is 20.3 Å². The minimum absolute atomic E-state index is 0.290. The van der Waals surface area contributed by atoms with Crippen LogP contribution in [0.15, 0.2) is 0 Å². The van der Waals surface area contributed by atoms with Crippen molar-refractivity contribution in [2.24, 2.45) is 5.84 Å². The summed E-state index contributed by atoms with van der Waals surface area (Å²) in [7, 11) is 1.66. The molecule has 90 valence electrons. The highest BCUT2D eigenvalue weighted by Gasteiger charge is 2.13. The van der Waals surface area contributed by atoms with Crippen LogP contribution in [-0.4, -0.2) is 43.7 Å². The largest absolute Gasteiger partial charge is 0.383 e. The molecule has 0 saturated heterocycles. The van der Waals surface area contributed by atoms with E-state index >= 15 is 0 Å². The maximum Gasteiger partial charge on any atom is 0.327 e. The Bertz CT molecular complexity index is 178. The minimum Gasteiger partial charge on any atom is -0.383 e. The Labute approximate surface area is 90.6 Å². The van der Waals surface area contributed by atoms with Crippen molar-refractivity contribution in [3.63, 3.8) is 0 Å². The molecule has 0 aromatic rings. The third kappa shape index (κ3) is 6.40. The molecule has 3 N–H and O–H groups in total. The number of rotatable bonds is 8. The van der Waals surface area contributed by atoms with Gasteiger partial charge in [-0.3, -0.25) is 9.69 Å². The minimum atomic E-state index is -0.361. The normalized spacial score (nSPS) is 12.9. The average molecular weight is 219 g/mol. The summed E-state index contributed by atoms with van der Waals surface area (Å²) < 4.78 is 5.05. The molecule has 0 aliphatic carbocycles. The van der Waals surface area contributed by atoms with Gasteiger partial charge < -0.3 is 9.57 Å². The summed E-state index contributed by atoms with van der Waals surface area (Å²) in [6.07, 6.45) is 0.312. The molecule has 1 atom stereocenters. The van der Waals surface area contributed by atoms with Crippen LogP contribution in [0.25, 0.3) is 0 Å². The summed E-state index contributed by atoms with van der Waals surface area (Å²) in [4.78, 5) is 17.6. The highest BCUT2D eigenvalue weighted by molar-refractivity contribution is 5.69. The number of hydrazine groups is 1. The Morgan fingerprint density at radius 3 is 2.73 bits per heavy atom. The molecular formula is C9H21N3O3. The number of carbonyl (C=O) groups is 1. The molecule has 0 rings (SSSR count). The Hall–Kier alpha value is -0.690. The van der Waals surface area contributed by atoms with Crippen molar-refractivity contribution in [1.29, 1.82) is 0 Å². The molecule has 15 heavy (non-hydrogen) atoms. The van der Waals surface area contributed by atoms with E-state index in [-0.39, 0.29) is 5.97 Å². The van der Waals surface area contributed by atoms with Crippen LogP contribution < -0.4 is 11.4 Å². The number of nitrogens with zero attached hydrogens (tertiary/aromatic N) is 1. The maximum atomic E-state index is 11.0. The van der Waals surface area contributed by atoms with E-state index in [4.69, 9.17) is 10.6 Å². The van der Waals surface area contributed by atoms with Gasteiger partial charge in [0.05, 0.1) is 13.0 Å². The maximum absolute atomic E-state index is 11.0. The third-order valence-corrected chi connectivity index (χ3v) is 2.21. The zero-order chi connectivity index (χ0) is 11.7. The number of methoxy groups -OCH3 is 1. The van der Waals surface area contributed by atoms with Crippen LogP contribution in [0.3, 0.4) is 0 Å². The van der Waals surface area contributed by atoms with Gasteiger partial charge in [-0.1, -0.05) is 12.5 Å².